The molecule has 0 saturated carbocycles. The number of ether oxygens (including phenoxy) is 2. The molecule has 0 radical (unpaired) electrons. The summed E-state index contributed by atoms with van der Waals surface area (Å²) in [6.07, 6.45) is 0.343. The Labute approximate surface area is 107 Å². The molecule has 0 bridgehead atoms. The molecule has 2 heterocycles. The molecule has 2 saturated heterocycles. The molecule has 6 heteroatoms. The lowest BCUT2D eigenvalue weighted by atomic mass is 10.3. The van der Waals surface area contributed by atoms with Crippen molar-refractivity contribution in [2.45, 2.75) is 6.42 Å². The van der Waals surface area contributed by atoms with Gasteiger partial charge < -0.3 is 19.3 Å². The maximum atomic E-state index is 12.0. The molecule has 1 amide bonds. The zero-order valence-corrected chi connectivity index (χ0v) is 10.7. The van der Waals surface area contributed by atoms with E-state index in [9.17, 15) is 4.79 Å². The summed E-state index contributed by atoms with van der Waals surface area (Å²) in [6, 6.07) is 0. The first-order valence-corrected chi connectivity index (χ1v) is 6.39. The van der Waals surface area contributed by atoms with E-state index in [1.54, 1.807) is 0 Å². The number of thiocarbonyl (C=S) groups is 1. The van der Waals surface area contributed by atoms with Crippen LogP contribution in [0.25, 0.3) is 0 Å². The van der Waals surface area contributed by atoms with Gasteiger partial charge in [0.2, 0.25) is 5.91 Å². The quantitative estimate of drug-likeness (QED) is 0.647. The largest absolute Gasteiger partial charge is 0.378 e. The number of carbonyl (C=O) groups excluding carboxylic acids is 1. The van der Waals surface area contributed by atoms with E-state index in [-0.39, 0.29) is 5.91 Å². The molecule has 5 nitrogen and oxygen atoms in total. The second-order valence-electron chi connectivity index (χ2n) is 4.16. The molecule has 96 valence electrons. The van der Waals surface area contributed by atoms with Crippen LogP contribution in [0.2, 0.25) is 0 Å². The minimum atomic E-state index is 0.116. The number of rotatable bonds is 2. The molecule has 2 aliphatic rings. The van der Waals surface area contributed by atoms with Crippen LogP contribution in [0, 0.1) is 0 Å². The van der Waals surface area contributed by atoms with Gasteiger partial charge in [0.15, 0.2) is 0 Å². The molecule has 2 fully saturated rings. The fourth-order valence-corrected chi connectivity index (χ4v) is 2.28. The van der Waals surface area contributed by atoms with Crippen molar-refractivity contribution in [2.75, 3.05) is 52.6 Å². The summed E-state index contributed by atoms with van der Waals surface area (Å²) < 4.78 is 10.5. The molecular weight excluding hydrogens is 240 g/mol. The second kappa shape index (κ2) is 6.28. The molecule has 17 heavy (non-hydrogen) atoms. The van der Waals surface area contributed by atoms with Gasteiger partial charge in [-0.3, -0.25) is 4.79 Å². The van der Waals surface area contributed by atoms with Gasteiger partial charge in [0.25, 0.3) is 0 Å². The lowest BCUT2D eigenvalue weighted by Crippen LogP contribution is -2.45. The van der Waals surface area contributed by atoms with Gasteiger partial charge in [-0.1, -0.05) is 12.2 Å². The minimum absolute atomic E-state index is 0.116. The van der Waals surface area contributed by atoms with Crippen LogP contribution in [-0.2, 0) is 14.3 Å². The molecule has 0 atom stereocenters. The van der Waals surface area contributed by atoms with E-state index in [0.29, 0.717) is 45.9 Å². The highest BCUT2D eigenvalue weighted by Gasteiger charge is 2.21. The molecule has 0 aromatic carbocycles. The van der Waals surface area contributed by atoms with E-state index < -0.39 is 0 Å². The molecular formula is C11H18N2O3S. The van der Waals surface area contributed by atoms with E-state index in [1.807, 2.05) is 4.90 Å². The lowest BCUT2D eigenvalue weighted by molar-refractivity contribution is -0.134. The highest BCUT2D eigenvalue weighted by atomic mass is 32.1. The van der Waals surface area contributed by atoms with Crippen molar-refractivity contribution < 1.29 is 14.3 Å². The Balaban J connectivity index is 1.78. The van der Waals surface area contributed by atoms with Gasteiger partial charge in [0, 0.05) is 26.2 Å². The summed E-state index contributed by atoms with van der Waals surface area (Å²) in [7, 11) is 0. The van der Waals surface area contributed by atoms with Gasteiger partial charge >= 0.3 is 0 Å². The number of hydrogen-bond donors (Lipinski definition) is 0. The topological polar surface area (TPSA) is 42.0 Å². The summed E-state index contributed by atoms with van der Waals surface area (Å²) >= 11 is 5.31. The molecule has 0 aromatic rings. The standard InChI is InChI=1S/C11H18N2O3S/c14-10(12-1-5-15-6-2-12)9-11(17)13-3-7-16-8-4-13/h1-9H2. The zero-order valence-electron chi connectivity index (χ0n) is 9.89. The summed E-state index contributed by atoms with van der Waals surface area (Å²) in [5, 5.41) is 0. The van der Waals surface area contributed by atoms with Crippen molar-refractivity contribution in [3.8, 4) is 0 Å². The number of amides is 1. The van der Waals surface area contributed by atoms with Crippen molar-refractivity contribution in [3.05, 3.63) is 0 Å². The molecule has 0 N–H and O–H groups in total. The first kappa shape index (κ1) is 12.7. The Hall–Kier alpha value is -0.720. The highest BCUT2D eigenvalue weighted by molar-refractivity contribution is 7.80. The van der Waals surface area contributed by atoms with E-state index >= 15 is 0 Å². The Morgan fingerprint density at radius 3 is 1.94 bits per heavy atom. The van der Waals surface area contributed by atoms with Crippen LogP contribution >= 0.6 is 12.2 Å². The third-order valence-electron chi connectivity index (χ3n) is 3.03. The molecule has 0 spiro atoms. The monoisotopic (exact) mass is 258 g/mol. The highest BCUT2D eigenvalue weighted by Crippen LogP contribution is 2.06. The van der Waals surface area contributed by atoms with Crippen molar-refractivity contribution in [1.82, 2.24) is 9.80 Å². The van der Waals surface area contributed by atoms with Gasteiger partial charge in [0.1, 0.15) is 0 Å². The van der Waals surface area contributed by atoms with Crippen LogP contribution in [0.15, 0.2) is 0 Å². The fraction of sp³-hybridized carbons (Fsp3) is 0.818. The molecule has 2 aliphatic heterocycles. The van der Waals surface area contributed by atoms with Gasteiger partial charge in [-0.2, -0.15) is 0 Å². The first-order chi connectivity index (χ1) is 8.27. The van der Waals surface area contributed by atoms with Gasteiger partial charge in [-0.25, -0.2) is 0 Å². The Morgan fingerprint density at radius 1 is 0.941 bits per heavy atom. The van der Waals surface area contributed by atoms with E-state index in [4.69, 9.17) is 21.7 Å². The van der Waals surface area contributed by atoms with Crippen LogP contribution < -0.4 is 0 Å². The number of morpholine rings is 2. The first-order valence-electron chi connectivity index (χ1n) is 5.98. The van der Waals surface area contributed by atoms with Crippen LogP contribution in [0.1, 0.15) is 6.42 Å². The third-order valence-corrected chi connectivity index (χ3v) is 3.43. The van der Waals surface area contributed by atoms with E-state index in [1.165, 1.54) is 0 Å². The van der Waals surface area contributed by atoms with Crippen molar-refractivity contribution >= 4 is 23.1 Å². The molecule has 0 aromatic heterocycles. The van der Waals surface area contributed by atoms with Gasteiger partial charge in [-0.15, -0.1) is 0 Å². The van der Waals surface area contributed by atoms with Gasteiger partial charge in [-0.05, 0) is 0 Å². The summed E-state index contributed by atoms with van der Waals surface area (Å²) in [4.78, 5) is 16.6. The third kappa shape index (κ3) is 3.62. The van der Waals surface area contributed by atoms with Crippen LogP contribution in [0.4, 0.5) is 0 Å². The average molecular weight is 258 g/mol. The number of carbonyl (C=O) groups is 1. The second-order valence-corrected chi connectivity index (χ2v) is 4.63. The van der Waals surface area contributed by atoms with Crippen LogP contribution in [0.3, 0.4) is 0 Å². The molecule has 2 rings (SSSR count). The van der Waals surface area contributed by atoms with E-state index in [0.717, 1.165) is 18.1 Å². The number of nitrogens with zero attached hydrogens (tertiary/aromatic N) is 2. The van der Waals surface area contributed by atoms with Crippen LogP contribution in [0.5, 0.6) is 0 Å². The number of hydrogen-bond acceptors (Lipinski definition) is 4. The van der Waals surface area contributed by atoms with Gasteiger partial charge in [0.05, 0.1) is 37.8 Å². The minimum Gasteiger partial charge on any atom is -0.378 e. The fourth-order valence-electron chi connectivity index (χ4n) is 1.98. The average Bonchev–Trinajstić information content (AvgIpc) is 2.40. The predicted molar refractivity (Wildman–Crippen MR) is 67.0 cm³/mol. The smallest absolute Gasteiger partial charge is 0.229 e. The Morgan fingerprint density at radius 2 is 1.41 bits per heavy atom. The summed E-state index contributed by atoms with van der Waals surface area (Å²) in [6.45, 7) is 5.64. The van der Waals surface area contributed by atoms with Crippen molar-refractivity contribution in [2.24, 2.45) is 0 Å². The van der Waals surface area contributed by atoms with Crippen LogP contribution in [-0.4, -0.2) is 73.3 Å². The predicted octanol–water partition coefficient (Wildman–Crippen LogP) is -0.105. The normalized spacial score (nSPS) is 21.4. The lowest BCUT2D eigenvalue weighted by Gasteiger charge is -2.31. The summed E-state index contributed by atoms with van der Waals surface area (Å²) in [5.41, 5.74) is 0. The molecule has 0 aliphatic carbocycles. The maximum absolute atomic E-state index is 12.0. The van der Waals surface area contributed by atoms with Crippen molar-refractivity contribution in [1.29, 1.82) is 0 Å². The Kier molecular flexibility index (Phi) is 4.70. The SMILES string of the molecule is O=C(CC(=S)N1CCOCC1)N1CCOCC1. The molecule has 0 unspecified atom stereocenters. The summed E-state index contributed by atoms with van der Waals surface area (Å²) in [5.74, 6) is 0.116. The zero-order chi connectivity index (χ0) is 12.1. The van der Waals surface area contributed by atoms with E-state index in [2.05, 4.69) is 4.90 Å². The Bertz CT molecular complexity index is 258. The maximum Gasteiger partial charge on any atom is 0.229 e. The van der Waals surface area contributed by atoms with Crippen molar-refractivity contribution in [3.63, 3.8) is 0 Å².